The summed E-state index contributed by atoms with van der Waals surface area (Å²) in [5.74, 6) is 0. The van der Waals surface area contributed by atoms with E-state index in [0.29, 0.717) is 6.42 Å². The number of hydrogen-bond donors (Lipinski definition) is 0. The average molecular weight is 115 g/mol. The largest absolute Gasteiger partial charge is 0.265 e. The Labute approximate surface area is 48.2 Å². The molecule has 0 saturated carbocycles. The molecule has 0 spiro atoms. The molecule has 0 radical (unpaired) electrons. The maximum Gasteiger partial charge on any atom is 0.207 e. The van der Waals surface area contributed by atoms with E-state index in [1.54, 1.807) is 6.08 Å². The molecule has 0 N–H and O–H groups in total. The zero-order valence-corrected chi connectivity index (χ0v) is 4.83. The third-order valence-electron chi connectivity index (χ3n) is 0.714. The van der Waals surface area contributed by atoms with E-state index in [-0.39, 0.29) is 11.5 Å². The minimum absolute atomic E-state index is 0.0460. The zero-order chi connectivity index (χ0) is 6.41. The summed E-state index contributed by atoms with van der Waals surface area (Å²) in [6.45, 7) is 1.89. The fourth-order valence-electron chi connectivity index (χ4n) is 0.347. The van der Waals surface area contributed by atoms with Crippen molar-refractivity contribution in [1.29, 1.82) is 0 Å². The highest BCUT2D eigenvalue weighted by Crippen LogP contribution is 1.81. The molecule has 0 rings (SSSR count). The molecule has 0 aromatic heterocycles. The van der Waals surface area contributed by atoms with Crippen molar-refractivity contribution in [2.75, 3.05) is 6.54 Å². The van der Waals surface area contributed by atoms with Gasteiger partial charge in [-0.2, -0.15) is 0 Å². The van der Waals surface area contributed by atoms with Crippen LogP contribution < -0.4 is 0 Å². The van der Waals surface area contributed by atoms with Crippen LogP contribution in [0.25, 0.3) is 0 Å². The van der Waals surface area contributed by atoms with Gasteiger partial charge < -0.3 is 0 Å². The summed E-state index contributed by atoms with van der Waals surface area (Å²) in [4.78, 5) is 9.33. The van der Waals surface area contributed by atoms with Crippen LogP contribution in [0.15, 0.2) is 12.2 Å². The molecule has 0 aliphatic carbocycles. The smallest absolute Gasteiger partial charge is 0.207 e. The van der Waals surface area contributed by atoms with Gasteiger partial charge in [-0.25, -0.2) is 0 Å². The van der Waals surface area contributed by atoms with Crippen LogP contribution in [0.1, 0.15) is 13.3 Å². The van der Waals surface area contributed by atoms with Crippen molar-refractivity contribution in [2.24, 2.45) is 0 Å². The van der Waals surface area contributed by atoms with Gasteiger partial charge in [0.25, 0.3) is 0 Å². The normalized spacial score (nSPS) is 10.1. The standard InChI is InChI=1S/C5H9NO2/c1-2-3-4-5-6(7)8/h2-3H,4-5H2,1H3/b3-2-. The first-order chi connectivity index (χ1) is 3.77. The Kier molecular flexibility index (Phi) is 3.84. The summed E-state index contributed by atoms with van der Waals surface area (Å²) < 4.78 is 0. The number of allylic oxidation sites excluding steroid dienone is 1. The van der Waals surface area contributed by atoms with Crippen molar-refractivity contribution in [3.05, 3.63) is 22.3 Å². The van der Waals surface area contributed by atoms with Crippen molar-refractivity contribution >= 4 is 0 Å². The molecule has 0 bridgehead atoms. The lowest BCUT2D eigenvalue weighted by molar-refractivity contribution is -0.478. The maximum atomic E-state index is 9.65. The highest BCUT2D eigenvalue weighted by molar-refractivity contribution is 4.75. The van der Waals surface area contributed by atoms with E-state index in [2.05, 4.69) is 0 Å². The van der Waals surface area contributed by atoms with E-state index < -0.39 is 0 Å². The van der Waals surface area contributed by atoms with Crippen LogP contribution in [0.3, 0.4) is 0 Å². The fraction of sp³-hybridized carbons (Fsp3) is 0.600. The Morgan fingerprint density at radius 1 is 1.75 bits per heavy atom. The van der Waals surface area contributed by atoms with E-state index in [1.807, 2.05) is 13.0 Å². The van der Waals surface area contributed by atoms with Gasteiger partial charge in [-0.15, -0.1) is 0 Å². The van der Waals surface area contributed by atoms with Gasteiger partial charge in [-0.1, -0.05) is 12.2 Å². The summed E-state index contributed by atoms with van der Waals surface area (Å²) in [7, 11) is 0. The maximum absolute atomic E-state index is 9.65. The van der Waals surface area contributed by atoms with E-state index in [1.165, 1.54) is 0 Å². The first-order valence-electron chi connectivity index (χ1n) is 2.50. The van der Waals surface area contributed by atoms with Gasteiger partial charge >= 0.3 is 0 Å². The lowest BCUT2D eigenvalue weighted by atomic mass is 10.4. The van der Waals surface area contributed by atoms with Crippen LogP contribution in [0.2, 0.25) is 0 Å². The SMILES string of the molecule is C/C=C\CC[N+](=O)[O-]. The summed E-state index contributed by atoms with van der Waals surface area (Å²) >= 11 is 0. The second-order valence-electron chi connectivity index (χ2n) is 1.41. The van der Waals surface area contributed by atoms with Crippen molar-refractivity contribution in [1.82, 2.24) is 0 Å². The van der Waals surface area contributed by atoms with Crippen LogP contribution in [0, 0.1) is 10.1 Å². The third-order valence-corrected chi connectivity index (χ3v) is 0.714. The minimum Gasteiger partial charge on any atom is -0.265 e. The number of nitrogens with zero attached hydrogens (tertiary/aromatic N) is 1. The third kappa shape index (κ3) is 5.14. The molecule has 0 aliphatic rings. The van der Waals surface area contributed by atoms with Crippen molar-refractivity contribution in [2.45, 2.75) is 13.3 Å². The van der Waals surface area contributed by atoms with Crippen LogP contribution >= 0.6 is 0 Å². The lowest BCUT2D eigenvalue weighted by Gasteiger charge is -1.83. The fourth-order valence-corrected chi connectivity index (χ4v) is 0.347. The lowest BCUT2D eigenvalue weighted by Crippen LogP contribution is -1.97. The Bertz CT molecular complexity index is 98.6. The van der Waals surface area contributed by atoms with E-state index in [0.717, 1.165) is 0 Å². The Balaban J connectivity index is 3.05. The highest BCUT2D eigenvalue weighted by Gasteiger charge is 1.88. The molecule has 0 aromatic rings. The van der Waals surface area contributed by atoms with E-state index in [4.69, 9.17) is 0 Å². The van der Waals surface area contributed by atoms with Gasteiger partial charge in [0.15, 0.2) is 0 Å². The molecule has 0 heterocycles. The molecule has 0 aromatic carbocycles. The van der Waals surface area contributed by atoms with Crippen LogP contribution in [-0.2, 0) is 0 Å². The van der Waals surface area contributed by atoms with Gasteiger partial charge in [0.05, 0.1) is 0 Å². The molecule has 8 heavy (non-hydrogen) atoms. The van der Waals surface area contributed by atoms with Gasteiger partial charge in [0.1, 0.15) is 0 Å². The second kappa shape index (κ2) is 4.30. The summed E-state index contributed by atoms with van der Waals surface area (Å²) in [6, 6.07) is 0. The highest BCUT2D eigenvalue weighted by atomic mass is 16.6. The average Bonchev–Trinajstić information content (AvgIpc) is 1.66. The van der Waals surface area contributed by atoms with E-state index >= 15 is 0 Å². The van der Waals surface area contributed by atoms with Gasteiger partial charge in [-0.3, -0.25) is 10.1 Å². The molecule has 3 nitrogen and oxygen atoms in total. The van der Waals surface area contributed by atoms with Crippen molar-refractivity contribution < 1.29 is 4.92 Å². The number of nitro groups is 1. The predicted octanol–water partition coefficient (Wildman–Crippen LogP) is 1.23. The van der Waals surface area contributed by atoms with Crippen LogP contribution in [-0.4, -0.2) is 11.5 Å². The molecular formula is C5H9NO2. The molecule has 46 valence electrons. The minimum atomic E-state index is -0.319. The molecule has 0 atom stereocenters. The monoisotopic (exact) mass is 115 g/mol. The first-order valence-corrected chi connectivity index (χ1v) is 2.50. The molecule has 0 saturated heterocycles. The Morgan fingerprint density at radius 3 is 2.75 bits per heavy atom. The number of hydrogen-bond acceptors (Lipinski definition) is 2. The zero-order valence-electron chi connectivity index (χ0n) is 4.83. The van der Waals surface area contributed by atoms with Crippen LogP contribution in [0.4, 0.5) is 0 Å². The molecule has 0 fully saturated rings. The summed E-state index contributed by atoms with van der Waals surface area (Å²) in [5, 5.41) is 9.65. The molecule has 0 unspecified atom stereocenters. The van der Waals surface area contributed by atoms with Gasteiger partial charge in [-0.05, 0) is 6.92 Å². The Morgan fingerprint density at radius 2 is 2.38 bits per heavy atom. The predicted molar refractivity (Wildman–Crippen MR) is 31.3 cm³/mol. The van der Waals surface area contributed by atoms with Crippen molar-refractivity contribution in [3.8, 4) is 0 Å². The summed E-state index contributed by atoms with van der Waals surface area (Å²) in [5.41, 5.74) is 0. The second-order valence-corrected chi connectivity index (χ2v) is 1.41. The summed E-state index contributed by atoms with van der Waals surface area (Å²) in [6.07, 6.45) is 4.13. The topological polar surface area (TPSA) is 43.1 Å². The Hall–Kier alpha value is -0.860. The van der Waals surface area contributed by atoms with Crippen LogP contribution in [0.5, 0.6) is 0 Å². The molecule has 3 heteroatoms. The van der Waals surface area contributed by atoms with Gasteiger partial charge in [0.2, 0.25) is 6.54 Å². The molecule has 0 amide bonds. The molecular weight excluding hydrogens is 106 g/mol. The number of rotatable bonds is 3. The first kappa shape index (κ1) is 7.14. The van der Waals surface area contributed by atoms with E-state index in [9.17, 15) is 10.1 Å². The van der Waals surface area contributed by atoms with Crippen molar-refractivity contribution in [3.63, 3.8) is 0 Å². The van der Waals surface area contributed by atoms with Gasteiger partial charge in [0, 0.05) is 11.3 Å². The molecule has 0 aliphatic heterocycles. The quantitative estimate of drug-likeness (QED) is 0.315.